The zero-order chi connectivity index (χ0) is 76.2. The summed E-state index contributed by atoms with van der Waals surface area (Å²) in [7, 11) is -9.93. The van der Waals surface area contributed by atoms with Gasteiger partial charge in [-0.05, 0) is 31.6 Å². The predicted molar refractivity (Wildman–Crippen MR) is 428 cm³/mol. The van der Waals surface area contributed by atoms with Crippen LogP contribution in [0.5, 0.6) is 0 Å². The number of carbonyl (C=O) groups excluding carboxylic acids is 4. The molecule has 0 spiro atoms. The van der Waals surface area contributed by atoms with E-state index < -0.39 is 97.5 Å². The van der Waals surface area contributed by atoms with E-state index in [0.29, 0.717) is 25.7 Å². The Hall–Kier alpha value is -1.94. The molecule has 0 heterocycles. The molecule has 0 aromatic heterocycles. The number of aliphatic hydroxyl groups excluding tert-OH is 1. The van der Waals surface area contributed by atoms with Gasteiger partial charge in [-0.25, -0.2) is 9.13 Å². The molecular formula is C85H166O17P2. The van der Waals surface area contributed by atoms with Crippen molar-refractivity contribution in [3.63, 3.8) is 0 Å². The molecule has 0 amide bonds. The van der Waals surface area contributed by atoms with Gasteiger partial charge in [0.15, 0.2) is 12.2 Å². The van der Waals surface area contributed by atoms with Gasteiger partial charge in [-0.2, -0.15) is 0 Å². The molecule has 17 nitrogen and oxygen atoms in total. The van der Waals surface area contributed by atoms with E-state index in [9.17, 15) is 43.2 Å². The number of esters is 4. The monoisotopic (exact) mass is 1520 g/mol. The summed E-state index contributed by atoms with van der Waals surface area (Å²) in [5.41, 5.74) is 0. The molecule has 3 N–H and O–H groups in total. The summed E-state index contributed by atoms with van der Waals surface area (Å²) >= 11 is 0. The molecule has 104 heavy (non-hydrogen) atoms. The maximum Gasteiger partial charge on any atom is 0.472 e. The van der Waals surface area contributed by atoms with Gasteiger partial charge in [0.1, 0.15) is 19.3 Å². The van der Waals surface area contributed by atoms with Crippen LogP contribution in [-0.4, -0.2) is 96.7 Å². The molecular weight excluding hydrogens is 1350 g/mol. The van der Waals surface area contributed by atoms with Crippen molar-refractivity contribution in [2.24, 2.45) is 5.92 Å². The molecule has 0 fully saturated rings. The lowest BCUT2D eigenvalue weighted by molar-refractivity contribution is -0.161. The van der Waals surface area contributed by atoms with Crippen LogP contribution in [0.4, 0.5) is 0 Å². The topological polar surface area (TPSA) is 237 Å². The first-order chi connectivity index (χ1) is 50.5. The minimum Gasteiger partial charge on any atom is -0.462 e. The third-order valence-corrected chi connectivity index (χ3v) is 21.9. The van der Waals surface area contributed by atoms with Crippen LogP contribution in [0.15, 0.2) is 0 Å². The highest BCUT2D eigenvalue weighted by Crippen LogP contribution is 2.45. The Kier molecular flexibility index (Phi) is 76.3. The van der Waals surface area contributed by atoms with E-state index in [1.807, 2.05) is 0 Å². The summed E-state index contributed by atoms with van der Waals surface area (Å²) in [6, 6.07) is 0. The Morgan fingerprint density at radius 1 is 0.260 bits per heavy atom. The van der Waals surface area contributed by atoms with E-state index in [1.54, 1.807) is 0 Å². The summed E-state index contributed by atoms with van der Waals surface area (Å²) in [5.74, 6) is -1.30. The lowest BCUT2D eigenvalue weighted by Crippen LogP contribution is -2.30. The fourth-order valence-corrected chi connectivity index (χ4v) is 14.9. The number of hydrogen-bond donors (Lipinski definition) is 3. The number of unbranched alkanes of at least 4 members (excludes halogenated alkanes) is 57. The zero-order valence-electron chi connectivity index (χ0n) is 68.2. The maximum absolute atomic E-state index is 13.1. The lowest BCUT2D eigenvalue weighted by atomic mass is 10.0. The van der Waals surface area contributed by atoms with Crippen molar-refractivity contribution in [3.05, 3.63) is 0 Å². The van der Waals surface area contributed by atoms with Crippen molar-refractivity contribution in [1.82, 2.24) is 0 Å². The Morgan fingerprint density at radius 2 is 0.442 bits per heavy atom. The number of aliphatic hydroxyl groups is 1. The first-order valence-electron chi connectivity index (χ1n) is 44.1. The normalized spacial score (nSPS) is 13.8. The molecule has 0 aromatic rings. The van der Waals surface area contributed by atoms with Gasteiger partial charge in [-0.15, -0.1) is 0 Å². The second-order valence-electron chi connectivity index (χ2n) is 31.1. The number of ether oxygens (including phenoxy) is 4. The molecule has 0 aliphatic rings. The van der Waals surface area contributed by atoms with Crippen LogP contribution in [0, 0.1) is 5.92 Å². The van der Waals surface area contributed by atoms with Gasteiger partial charge in [0.25, 0.3) is 0 Å². The minimum atomic E-state index is -4.96. The van der Waals surface area contributed by atoms with E-state index in [1.165, 1.54) is 283 Å². The summed E-state index contributed by atoms with van der Waals surface area (Å²) in [6.07, 6.45) is 70.7. The van der Waals surface area contributed by atoms with Crippen LogP contribution < -0.4 is 0 Å². The third kappa shape index (κ3) is 78.2. The number of phosphoric ester groups is 2. The van der Waals surface area contributed by atoms with Gasteiger partial charge >= 0.3 is 39.5 Å². The van der Waals surface area contributed by atoms with E-state index in [0.717, 1.165) is 95.8 Å². The van der Waals surface area contributed by atoms with Crippen LogP contribution >= 0.6 is 15.6 Å². The standard InChI is InChI=1S/C85H166O17P2/c1-6-9-12-15-18-21-24-27-29-30-31-32-33-35-41-46-51-56-61-66-71-85(90)102-81(75-96-83(88)69-64-59-54-49-44-39-37-36-38-42-47-52-57-62-67-78(4)5)77-100-104(93,94)98-73-79(86)72-97-103(91,92)99-76-80(74-95-82(87)68-63-58-53-48-43-26-23-20-17-14-11-8-3)101-84(89)70-65-60-55-50-45-40-34-28-25-22-19-16-13-10-7-2/h78-81,86H,6-77H2,1-5H3,(H,91,92)(H,93,94)/t79-,80+,81+/m0/s1. The van der Waals surface area contributed by atoms with Crippen LogP contribution in [-0.2, 0) is 65.4 Å². The third-order valence-electron chi connectivity index (χ3n) is 20.0. The summed E-state index contributed by atoms with van der Waals surface area (Å²) in [4.78, 5) is 73.2. The van der Waals surface area contributed by atoms with Gasteiger partial charge in [-0.1, -0.05) is 407 Å². The molecule has 0 bridgehead atoms. The molecule has 0 rings (SSSR count). The van der Waals surface area contributed by atoms with Crippen LogP contribution in [0.2, 0.25) is 0 Å². The summed E-state index contributed by atoms with van der Waals surface area (Å²) in [6.45, 7) is 7.39. The molecule has 0 saturated carbocycles. The maximum atomic E-state index is 13.1. The van der Waals surface area contributed by atoms with E-state index >= 15 is 0 Å². The molecule has 19 heteroatoms. The van der Waals surface area contributed by atoms with Crippen molar-refractivity contribution in [1.29, 1.82) is 0 Å². The van der Waals surface area contributed by atoms with E-state index in [4.69, 9.17) is 37.0 Å². The lowest BCUT2D eigenvalue weighted by Gasteiger charge is -2.21. The van der Waals surface area contributed by atoms with Crippen molar-refractivity contribution in [3.8, 4) is 0 Å². The van der Waals surface area contributed by atoms with Gasteiger partial charge < -0.3 is 33.8 Å². The smallest absolute Gasteiger partial charge is 0.462 e. The van der Waals surface area contributed by atoms with Gasteiger partial charge in [-0.3, -0.25) is 37.3 Å². The van der Waals surface area contributed by atoms with Crippen molar-refractivity contribution in [2.45, 2.75) is 477 Å². The minimum absolute atomic E-state index is 0.109. The quantitative estimate of drug-likeness (QED) is 0.0222. The average molecular weight is 1520 g/mol. The molecule has 0 saturated heterocycles. The van der Waals surface area contributed by atoms with E-state index in [-0.39, 0.29) is 25.7 Å². The number of carbonyl (C=O) groups is 4. The fraction of sp³-hybridized carbons (Fsp3) is 0.953. The Balaban J connectivity index is 5.25. The molecule has 0 aliphatic carbocycles. The first kappa shape index (κ1) is 102. The predicted octanol–water partition coefficient (Wildman–Crippen LogP) is 26.0. The van der Waals surface area contributed by atoms with Crippen LogP contribution in [0.1, 0.15) is 458 Å². The molecule has 5 atom stereocenters. The second kappa shape index (κ2) is 77.8. The zero-order valence-corrected chi connectivity index (χ0v) is 70.0. The van der Waals surface area contributed by atoms with Crippen molar-refractivity contribution in [2.75, 3.05) is 39.6 Å². The van der Waals surface area contributed by atoms with Gasteiger partial charge in [0.2, 0.25) is 0 Å². The number of phosphoric acid groups is 2. The van der Waals surface area contributed by atoms with Gasteiger partial charge in [0.05, 0.1) is 26.4 Å². The molecule has 0 aromatic carbocycles. The molecule has 618 valence electrons. The van der Waals surface area contributed by atoms with Crippen LogP contribution in [0.25, 0.3) is 0 Å². The number of rotatable bonds is 85. The first-order valence-corrected chi connectivity index (χ1v) is 47.1. The Labute approximate surface area is 638 Å². The van der Waals surface area contributed by atoms with Crippen molar-refractivity contribution >= 4 is 39.5 Å². The Bertz CT molecular complexity index is 1980. The highest BCUT2D eigenvalue weighted by Gasteiger charge is 2.30. The highest BCUT2D eigenvalue weighted by molar-refractivity contribution is 7.47. The molecule has 0 radical (unpaired) electrons. The molecule has 2 unspecified atom stereocenters. The van der Waals surface area contributed by atoms with Crippen molar-refractivity contribution < 1.29 is 80.2 Å². The van der Waals surface area contributed by atoms with E-state index in [2.05, 4.69) is 34.6 Å². The fourth-order valence-electron chi connectivity index (χ4n) is 13.3. The number of hydrogen-bond acceptors (Lipinski definition) is 15. The summed E-state index contributed by atoms with van der Waals surface area (Å²) in [5, 5.41) is 10.7. The molecule has 0 aliphatic heterocycles. The summed E-state index contributed by atoms with van der Waals surface area (Å²) < 4.78 is 68.9. The van der Waals surface area contributed by atoms with Gasteiger partial charge in [0, 0.05) is 25.7 Å². The Morgan fingerprint density at radius 3 is 0.654 bits per heavy atom. The average Bonchev–Trinajstić information content (AvgIpc) is 0.903. The largest absolute Gasteiger partial charge is 0.472 e. The SMILES string of the molecule is CCCCCCCCCCCCCCCCCCCCCCC(=O)O[C@H](COC(=O)CCCCCCCCCCCCCCCCC(C)C)COP(=O)(O)OC[C@@H](O)COP(=O)(O)OC[C@@H](COC(=O)CCCCCCCCCCCCCC)OC(=O)CCCCCCCCCCCCCCCCC. The second-order valence-corrected chi connectivity index (χ2v) is 34.0. The highest BCUT2D eigenvalue weighted by atomic mass is 31.2. The van der Waals surface area contributed by atoms with Crippen LogP contribution in [0.3, 0.4) is 0 Å².